The summed E-state index contributed by atoms with van der Waals surface area (Å²) >= 11 is 1.31. The molecule has 5 rings (SSSR count). The highest BCUT2D eigenvalue weighted by Crippen LogP contribution is 2.35. The highest BCUT2D eigenvalue weighted by atomic mass is 32.1. The molecule has 6 nitrogen and oxygen atoms in total. The minimum atomic E-state index is -0.686. The number of thiazole rings is 1. The van der Waals surface area contributed by atoms with E-state index in [0.717, 1.165) is 22.4 Å². The van der Waals surface area contributed by atoms with E-state index in [0.29, 0.717) is 33.1 Å². The standard InChI is InChI=1S/C33H32N2O4S/c1-5-38-26-18-12-22(13-19-26)20-27-31(36)35-30(25-16-14-23(15-17-25)21(3)4)28(32(37)39-6-2)29(34-33(35)40-27)24-10-8-7-9-11-24/h7-21,30H,5-6H2,1-4H3/b27-20-/t30-/m1/s1. The average Bonchev–Trinajstić information content (AvgIpc) is 3.28. The maximum Gasteiger partial charge on any atom is 0.338 e. The van der Waals surface area contributed by atoms with Crippen LogP contribution in [0.15, 0.2) is 94.2 Å². The minimum Gasteiger partial charge on any atom is -0.494 e. The van der Waals surface area contributed by atoms with Gasteiger partial charge in [0.2, 0.25) is 0 Å². The number of rotatable bonds is 8. The Morgan fingerprint density at radius 1 is 0.975 bits per heavy atom. The number of hydrogen-bond acceptors (Lipinski definition) is 6. The molecule has 1 aromatic heterocycles. The maximum absolute atomic E-state index is 14.0. The number of benzene rings is 3. The number of aromatic nitrogens is 1. The molecular weight excluding hydrogens is 520 g/mol. The molecule has 204 valence electrons. The lowest BCUT2D eigenvalue weighted by Gasteiger charge is -2.26. The van der Waals surface area contributed by atoms with Gasteiger partial charge in [0, 0.05) is 5.56 Å². The van der Waals surface area contributed by atoms with Gasteiger partial charge in [-0.05, 0) is 54.7 Å². The summed E-state index contributed by atoms with van der Waals surface area (Å²) in [6.45, 7) is 8.79. The van der Waals surface area contributed by atoms with E-state index in [1.807, 2.05) is 79.7 Å². The van der Waals surface area contributed by atoms with Crippen LogP contribution in [0.5, 0.6) is 5.75 Å². The molecule has 0 radical (unpaired) electrons. The van der Waals surface area contributed by atoms with Crippen LogP contribution in [0.4, 0.5) is 0 Å². The van der Waals surface area contributed by atoms with E-state index in [4.69, 9.17) is 14.5 Å². The molecule has 1 aliphatic rings. The molecule has 7 heteroatoms. The van der Waals surface area contributed by atoms with Crippen LogP contribution in [0.1, 0.15) is 61.9 Å². The van der Waals surface area contributed by atoms with Gasteiger partial charge in [0.25, 0.3) is 5.56 Å². The number of nitrogens with zero attached hydrogens (tertiary/aromatic N) is 2. The van der Waals surface area contributed by atoms with Crippen molar-refractivity contribution in [3.8, 4) is 5.75 Å². The molecule has 0 unspecified atom stereocenters. The zero-order valence-electron chi connectivity index (χ0n) is 23.1. The van der Waals surface area contributed by atoms with Crippen LogP contribution in [0.3, 0.4) is 0 Å². The predicted molar refractivity (Wildman–Crippen MR) is 159 cm³/mol. The summed E-state index contributed by atoms with van der Waals surface area (Å²) < 4.78 is 13.3. The van der Waals surface area contributed by atoms with E-state index in [1.54, 1.807) is 11.5 Å². The highest BCUT2D eigenvalue weighted by Gasteiger charge is 2.35. The van der Waals surface area contributed by atoms with Crippen molar-refractivity contribution in [2.75, 3.05) is 13.2 Å². The lowest BCUT2D eigenvalue weighted by atomic mass is 9.91. The summed E-state index contributed by atoms with van der Waals surface area (Å²) in [5.41, 5.74) is 4.33. The first-order valence-electron chi connectivity index (χ1n) is 13.5. The molecule has 0 aliphatic carbocycles. The topological polar surface area (TPSA) is 69.9 Å². The van der Waals surface area contributed by atoms with Gasteiger partial charge in [-0.1, -0.05) is 91.9 Å². The lowest BCUT2D eigenvalue weighted by molar-refractivity contribution is -0.138. The third kappa shape index (κ3) is 5.42. The maximum atomic E-state index is 14.0. The summed E-state index contributed by atoms with van der Waals surface area (Å²) in [6.07, 6.45) is 1.86. The minimum absolute atomic E-state index is 0.204. The number of esters is 1. The first-order chi connectivity index (χ1) is 19.4. The Morgan fingerprint density at radius 3 is 2.30 bits per heavy atom. The molecule has 4 aromatic rings. The van der Waals surface area contributed by atoms with Crippen LogP contribution in [0.2, 0.25) is 0 Å². The molecule has 2 heterocycles. The van der Waals surface area contributed by atoms with E-state index in [9.17, 15) is 9.59 Å². The Labute approximate surface area is 237 Å². The molecule has 0 N–H and O–H groups in total. The second-order valence-corrected chi connectivity index (χ2v) is 10.8. The van der Waals surface area contributed by atoms with E-state index in [2.05, 4.69) is 26.0 Å². The second-order valence-electron chi connectivity index (χ2n) is 9.75. The molecule has 0 amide bonds. The number of ether oxygens (including phenoxy) is 2. The lowest BCUT2D eigenvalue weighted by Crippen LogP contribution is -2.40. The van der Waals surface area contributed by atoms with Gasteiger partial charge in [-0.15, -0.1) is 0 Å². The van der Waals surface area contributed by atoms with E-state index >= 15 is 0 Å². The molecule has 0 fully saturated rings. The van der Waals surface area contributed by atoms with Crippen LogP contribution >= 0.6 is 11.3 Å². The molecule has 1 aliphatic heterocycles. The molecular formula is C33H32N2O4S. The zero-order chi connectivity index (χ0) is 28.2. The molecule has 0 saturated carbocycles. The molecule has 0 bridgehead atoms. The van der Waals surface area contributed by atoms with Crippen molar-refractivity contribution in [3.05, 3.63) is 126 Å². The van der Waals surface area contributed by atoms with Gasteiger partial charge in [0.15, 0.2) is 4.80 Å². The fourth-order valence-electron chi connectivity index (χ4n) is 4.80. The monoisotopic (exact) mass is 552 g/mol. The molecule has 1 atom stereocenters. The Hall–Kier alpha value is -4.23. The summed E-state index contributed by atoms with van der Waals surface area (Å²) in [5.74, 6) is 0.645. The van der Waals surface area contributed by atoms with E-state index in [1.165, 1.54) is 16.9 Å². The summed E-state index contributed by atoms with van der Waals surface area (Å²) in [6, 6.07) is 24.6. The number of hydrogen-bond donors (Lipinski definition) is 0. The van der Waals surface area contributed by atoms with Gasteiger partial charge in [-0.25, -0.2) is 9.79 Å². The van der Waals surface area contributed by atoms with Gasteiger partial charge in [0.1, 0.15) is 5.75 Å². The van der Waals surface area contributed by atoms with Crippen molar-refractivity contribution in [1.82, 2.24) is 4.57 Å². The largest absolute Gasteiger partial charge is 0.494 e. The number of carbonyl (C=O) groups excluding carboxylic acids is 1. The fourth-order valence-corrected chi connectivity index (χ4v) is 5.80. The number of carbonyl (C=O) groups is 1. The Morgan fingerprint density at radius 2 is 1.68 bits per heavy atom. The van der Waals surface area contributed by atoms with Gasteiger partial charge >= 0.3 is 5.97 Å². The Bertz CT molecular complexity index is 1710. The van der Waals surface area contributed by atoms with E-state index < -0.39 is 12.0 Å². The van der Waals surface area contributed by atoms with Crippen molar-refractivity contribution >= 4 is 29.1 Å². The summed E-state index contributed by atoms with van der Waals surface area (Å²) in [5, 5.41) is 0. The van der Waals surface area contributed by atoms with E-state index in [-0.39, 0.29) is 12.2 Å². The third-order valence-electron chi connectivity index (χ3n) is 6.78. The number of fused-ring (bicyclic) bond motifs is 1. The van der Waals surface area contributed by atoms with Crippen LogP contribution in [-0.4, -0.2) is 23.8 Å². The third-order valence-corrected chi connectivity index (χ3v) is 7.76. The fraction of sp³-hybridized carbons (Fsp3) is 0.242. The Balaban J connectivity index is 1.76. The van der Waals surface area contributed by atoms with Crippen molar-refractivity contribution in [2.24, 2.45) is 4.99 Å². The molecule has 0 saturated heterocycles. The molecule has 40 heavy (non-hydrogen) atoms. The van der Waals surface area contributed by atoms with Gasteiger partial charge in [-0.2, -0.15) is 0 Å². The second kappa shape index (κ2) is 11.9. The SMILES string of the molecule is CCOC(=O)C1=C(c2ccccc2)N=c2s/c(=C\c3ccc(OCC)cc3)c(=O)n2[C@@H]1c1ccc(C(C)C)cc1. The van der Waals surface area contributed by atoms with Gasteiger partial charge < -0.3 is 9.47 Å². The zero-order valence-corrected chi connectivity index (χ0v) is 23.9. The van der Waals surface area contributed by atoms with Gasteiger partial charge in [-0.3, -0.25) is 9.36 Å². The van der Waals surface area contributed by atoms with Crippen molar-refractivity contribution in [1.29, 1.82) is 0 Å². The normalized spacial score (nSPS) is 15.1. The molecule has 0 spiro atoms. The average molecular weight is 553 g/mol. The first-order valence-corrected chi connectivity index (χ1v) is 14.3. The van der Waals surface area contributed by atoms with Crippen LogP contribution in [-0.2, 0) is 9.53 Å². The summed E-state index contributed by atoms with van der Waals surface area (Å²) in [7, 11) is 0. The van der Waals surface area contributed by atoms with Crippen molar-refractivity contribution in [2.45, 2.75) is 39.7 Å². The Kier molecular flexibility index (Phi) is 8.12. The van der Waals surface area contributed by atoms with Crippen LogP contribution < -0.4 is 19.6 Å². The predicted octanol–water partition coefficient (Wildman–Crippen LogP) is 5.46. The quantitative estimate of drug-likeness (QED) is 0.272. The summed E-state index contributed by atoms with van der Waals surface area (Å²) in [4.78, 5) is 33.0. The van der Waals surface area contributed by atoms with Crippen molar-refractivity contribution < 1.29 is 14.3 Å². The highest BCUT2D eigenvalue weighted by molar-refractivity contribution is 7.07. The van der Waals surface area contributed by atoms with Crippen LogP contribution in [0, 0.1) is 0 Å². The van der Waals surface area contributed by atoms with Crippen molar-refractivity contribution in [3.63, 3.8) is 0 Å². The van der Waals surface area contributed by atoms with Crippen LogP contribution in [0.25, 0.3) is 11.8 Å². The van der Waals surface area contributed by atoms with Gasteiger partial charge in [0.05, 0.1) is 35.1 Å². The molecule has 3 aromatic carbocycles. The smallest absolute Gasteiger partial charge is 0.338 e. The first kappa shape index (κ1) is 27.3.